The topological polar surface area (TPSA) is 0 Å². The largest absolute Gasteiger partial charge is 0.0922 e. The maximum absolute atomic E-state index is 6.28. The summed E-state index contributed by atoms with van der Waals surface area (Å²) in [6.45, 7) is 4.48. The first-order valence-electron chi connectivity index (χ1n) is 6.57. The highest BCUT2D eigenvalue weighted by atomic mass is 79.9. The summed E-state index contributed by atoms with van der Waals surface area (Å²) in [5.74, 6) is 0. The number of unbranched alkanes of at least 4 members (excludes halogenated alkanes) is 1. The van der Waals surface area contributed by atoms with Crippen LogP contribution in [-0.4, -0.2) is 5.33 Å². The van der Waals surface area contributed by atoms with Gasteiger partial charge in [0.05, 0.1) is 0 Å². The lowest BCUT2D eigenvalue weighted by Gasteiger charge is -2.32. The predicted molar refractivity (Wildman–Crippen MR) is 86.2 cm³/mol. The highest BCUT2D eigenvalue weighted by Crippen LogP contribution is 2.38. The Morgan fingerprint density at radius 3 is 2.22 bits per heavy atom. The summed E-state index contributed by atoms with van der Waals surface area (Å²) in [4.78, 5) is 0. The summed E-state index contributed by atoms with van der Waals surface area (Å²) in [6.07, 6.45) is 5.78. The van der Waals surface area contributed by atoms with Gasteiger partial charge in [-0.25, -0.2) is 0 Å². The molecule has 0 spiro atoms. The molecule has 0 nitrogen and oxygen atoms in total. The van der Waals surface area contributed by atoms with E-state index in [1.165, 1.54) is 19.3 Å². The Morgan fingerprint density at radius 2 is 1.78 bits per heavy atom. The van der Waals surface area contributed by atoms with Crippen molar-refractivity contribution < 1.29 is 0 Å². The van der Waals surface area contributed by atoms with Crippen LogP contribution in [0.5, 0.6) is 0 Å². The molecule has 18 heavy (non-hydrogen) atoms. The van der Waals surface area contributed by atoms with Crippen LogP contribution < -0.4 is 0 Å². The van der Waals surface area contributed by atoms with Gasteiger partial charge in [0.25, 0.3) is 0 Å². The van der Waals surface area contributed by atoms with Gasteiger partial charge in [0, 0.05) is 15.4 Å². The molecule has 0 aliphatic heterocycles. The van der Waals surface area contributed by atoms with Crippen molar-refractivity contribution in [3.05, 3.63) is 33.8 Å². The van der Waals surface area contributed by atoms with Crippen LogP contribution in [0.4, 0.5) is 0 Å². The molecule has 0 saturated heterocycles. The van der Waals surface area contributed by atoms with Gasteiger partial charge in [0.1, 0.15) is 0 Å². The number of benzene rings is 1. The molecular weight excluding hydrogens is 331 g/mol. The molecule has 1 aromatic carbocycles. The van der Waals surface area contributed by atoms with Crippen molar-refractivity contribution in [3.63, 3.8) is 0 Å². The number of rotatable bonds is 7. The van der Waals surface area contributed by atoms with E-state index in [0.717, 1.165) is 33.8 Å². The molecule has 102 valence electrons. The minimum atomic E-state index is 0.268. The standard InChI is InChI=1S/C15H21BrCl2/c1-3-5-9-15(4-2,11-16)10-12-13(17)7-6-8-14(12)18/h6-8H,3-5,9-11H2,1-2H3. The van der Waals surface area contributed by atoms with E-state index in [9.17, 15) is 0 Å². The molecule has 0 aliphatic carbocycles. The van der Waals surface area contributed by atoms with Crippen molar-refractivity contribution in [1.29, 1.82) is 0 Å². The third-order valence-electron chi connectivity index (χ3n) is 3.71. The second kappa shape index (κ2) is 7.77. The van der Waals surface area contributed by atoms with Crippen LogP contribution in [-0.2, 0) is 6.42 Å². The lowest BCUT2D eigenvalue weighted by atomic mass is 9.77. The third-order valence-corrected chi connectivity index (χ3v) is 5.61. The fourth-order valence-electron chi connectivity index (χ4n) is 2.23. The molecular formula is C15H21BrCl2. The van der Waals surface area contributed by atoms with E-state index in [-0.39, 0.29) is 5.41 Å². The van der Waals surface area contributed by atoms with E-state index in [0.29, 0.717) is 0 Å². The molecule has 0 fully saturated rings. The highest BCUT2D eigenvalue weighted by molar-refractivity contribution is 9.09. The first-order valence-corrected chi connectivity index (χ1v) is 8.45. The Labute approximate surface area is 129 Å². The van der Waals surface area contributed by atoms with Gasteiger partial charge in [-0.2, -0.15) is 0 Å². The van der Waals surface area contributed by atoms with E-state index in [1.54, 1.807) is 0 Å². The van der Waals surface area contributed by atoms with Crippen molar-refractivity contribution in [1.82, 2.24) is 0 Å². The SMILES string of the molecule is CCCCC(CC)(CBr)Cc1c(Cl)cccc1Cl. The molecule has 1 atom stereocenters. The Bertz CT molecular complexity index is 353. The molecule has 0 N–H and O–H groups in total. The van der Waals surface area contributed by atoms with Crippen molar-refractivity contribution in [2.75, 3.05) is 5.33 Å². The first-order chi connectivity index (χ1) is 8.58. The maximum atomic E-state index is 6.28. The van der Waals surface area contributed by atoms with Crippen molar-refractivity contribution in [2.45, 2.75) is 46.0 Å². The summed E-state index contributed by atoms with van der Waals surface area (Å²) in [6, 6.07) is 5.76. The number of hydrogen-bond donors (Lipinski definition) is 0. The van der Waals surface area contributed by atoms with Crippen LogP contribution in [0.2, 0.25) is 10.0 Å². The quantitative estimate of drug-likeness (QED) is 0.490. The third kappa shape index (κ3) is 4.15. The van der Waals surface area contributed by atoms with Crippen molar-refractivity contribution >= 4 is 39.1 Å². The molecule has 1 aromatic rings. The molecule has 0 saturated carbocycles. The summed E-state index contributed by atoms with van der Waals surface area (Å²) in [7, 11) is 0. The van der Waals surface area contributed by atoms with Crippen LogP contribution in [0, 0.1) is 5.41 Å². The lowest BCUT2D eigenvalue weighted by Crippen LogP contribution is -2.25. The van der Waals surface area contributed by atoms with Crippen LogP contribution >= 0.6 is 39.1 Å². The zero-order chi connectivity index (χ0) is 13.6. The smallest absolute Gasteiger partial charge is 0.0453 e. The van der Waals surface area contributed by atoms with E-state index in [1.807, 2.05) is 18.2 Å². The first kappa shape index (κ1) is 16.3. The van der Waals surface area contributed by atoms with Gasteiger partial charge in [-0.1, -0.05) is 71.9 Å². The lowest BCUT2D eigenvalue weighted by molar-refractivity contribution is 0.284. The monoisotopic (exact) mass is 350 g/mol. The minimum absolute atomic E-state index is 0.268. The second-order valence-corrected chi connectivity index (χ2v) is 6.34. The van der Waals surface area contributed by atoms with Gasteiger partial charge in [-0.15, -0.1) is 0 Å². The van der Waals surface area contributed by atoms with E-state index in [4.69, 9.17) is 23.2 Å². The molecule has 1 unspecified atom stereocenters. The number of alkyl halides is 1. The van der Waals surface area contributed by atoms with Gasteiger partial charge in [-0.05, 0) is 42.4 Å². The maximum Gasteiger partial charge on any atom is 0.0453 e. The van der Waals surface area contributed by atoms with Gasteiger partial charge < -0.3 is 0 Å². The van der Waals surface area contributed by atoms with Crippen molar-refractivity contribution in [2.24, 2.45) is 5.41 Å². The summed E-state index contributed by atoms with van der Waals surface area (Å²) in [5.41, 5.74) is 1.36. The minimum Gasteiger partial charge on any atom is -0.0922 e. The Balaban J connectivity index is 2.95. The Hall–Kier alpha value is 0.280. The molecule has 0 aliphatic rings. The van der Waals surface area contributed by atoms with E-state index >= 15 is 0 Å². The zero-order valence-corrected chi connectivity index (χ0v) is 14.2. The molecule has 3 heteroatoms. The fourth-order valence-corrected chi connectivity index (χ4v) is 3.63. The van der Waals surface area contributed by atoms with Crippen LogP contribution in [0.15, 0.2) is 18.2 Å². The highest BCUT2D eigenvalue weighted by Gasteiger charge is 2.28. The van der Waals surface area contributed by atoms with Gasteiger partial charge in [0.2, 0.25) is 0 Å². The number of hydrogen-bond acceptors (Lipinski definition) is 0. The number of halogens is 3. The molecule has 0 radical (unpaired) electrons. The van der Waals surface area contributed by atoms with Crippen LogP contribution in [0.3, 0.4) is 0 Å². The fraction of sp³-hybridized carbons (Fsp3) is 0.600. The van der Waals surface area contributed by atoms with Crippen LogP contribution in [0.1, 0.15) is 45.1 Å². The predicted octanol–water partition coefficient (Wildman–Crippen LogP) is 6.52. The van der Waals surface area contributed by atoms with Gasteiger partial charge in [0.15, 0.2) is 0 Å². The Morgan fingerprint density at radius 1 is 1.17 bits per heavy atom. The normalized spacial score (nSPS) is 14.5. The average molecular weight is 352 g/mol. The Kier molecular flexibility index (Phi) is 7.05. The van der Waals surface area contributed by atoms with E-state index < -0.39 is 0 Å². The molecule has 0 aromatic heterocycles. The zero-order valence-electron chi connectivity index (χ0n) is 11.1. The summed E-state index contributed by atoms with van der Waals surface area (Å²) >= 11 is 16.3. The average Bonchev–Trinajstić information content (AvgIpc) is 2.38. The van der Waals surface area contributed by atoms with Crippen LogP contribution in [0.25, 0.3) is 0 Å². The molecule has 0 bridgehead atoms. The van der Waals surface area contributed by atoms with Gasteiger partial charge in [-0.3, -0.25) is 0 Å². The second-order valence-electron chi connectivity index (χ2n) is 4.97. The summed E-state index contributed by atoms with van der Waals surface area (Å²) in [5, 5.41) is 2.58. The van der Waals surface area contributed by atoms with Gasteiger partial charge >= 0.3 is 0 Å². The summed E-state index contributed by atoms with van der Waals surface area (Å²) < 4.78 is 0. The van der Waals surface area contributed by atoms with Crippen molar-refractivity contribution in [3.8, 4) is 0 Å². The molecule has 0 amide bonds. The van der Waals surface area contributed by atoms with E-state index in [2.05, 4.69) is 29.8 Å². The molecule has 0 heterocycles. The molecule has 1 rings (SSSR count).